The van der Waals surface area contributed by atoms with Crippen LogP contribution in [0.25, 0.3) is 60.6 Å². The summed E-state index contributed by atoms with van der Waals surface area (Å²) in [4.78, 5) is 24.3. The van der Waals surface area contributed by atoms with Crippen molar-refractivity contribution in [3.8, 4) is 28.1 Å². The number of fused-ring (bicyclic) bond motifs is 5. The molecule has 0 aliphatic carbocycles. The van der Waals surface area contributed by atoms with Crippen molar-refractivity contribution in [1.82, 2.24) is 29.5 Å². The summed E-state index contributed by atoms with van der Waals surface area (Å²) < 4.78 is 2.24. The molecule has 9 rings (SSSR count). The standard InChI is InChI=1S/C35H21N7/c1-2-12-40-30(8-1)23-10-11-31-27(13-23)29-14-28-26-7-3-5-22-6-4-9-32(35(22)26)42(25-18-38-21-39-19-25)33(28)15-34(29)41(31)24-16-36-20-37-17-24/h1-21H. The number of pyridine rings is 1. The minimum absolute atomic E-state index is 0.899. The molecule has 42 heavy (non-hydrogen) atoms. The van der Waals surface area contributed by atoms with E-state index in [2.05, 4.69) is 101 Å². The third-order valence-electron chi connectivity index (χ3n) is 8.11. The van der Waals surface area contributed by atoms with Gasteiger partial charge in [0.2, 0.25) is 0 Å². The second-order valence-corrected chi connectivity index (χ2v) is 10.4. The van der Waals surface area contributed by atoms with Crippen molar-refractivity contribution in [2.45, 2.75) is 0 Å². The number of benzene rings is 4. The first-order valence-electron chi connectivity index (χ1n) is 13.7. The Balaban J connectivity index is 1.43. The molecule has 0 spiro atoms. The lowest BCUT2D eigenvalue weighted by molar-refractivity contribution is 1.07. The first-order chi connectivity index (χ1) is 20.8. The average Bonchev–Trinajstić information content (AvgIpc) is 3.38. The van der Waals surface area contributed by atoms with Gasteiger partial charge in [-0.05, 0) is 53.4 Å². The van der Waals surface area contributed by atoms with Gasteiger partial charge in [0.05, 0.1) is 64.3 Å². The number of hydrogen-bond acceptors (Lipinski definition) is 6. The maximum absolute atomic E-state index is 4.62. The molecule has 7 nitrogen and oxygen atoms in total. The molecule has 0 unspecified atom stereocenters. The highest BCUT2D eigenvalue weighted by Gasteiger charge is 2.28. The van der Waals surface area contributed by atoms with Crippen LogP contribution in [0, 0.1) is 0 Å². The fourth-order valence-electron chi connectivity index (χ4n) is 6.38. The van der Waals surface area contributed by atoms with Crippen LogP contribution in [0.1, 0.15) is 0 Å². The predicted molar refractivity (Wildman–Crippen MR) is 166 cm³/mol. The zero-order valence-electron chi connectivity index (χ0n) is 22.3. The van der Waals surface area contributed by atoms with E-state index in [-0.39, 0.29) is 0 Å². The van der Waals surface area contributed by atoms with Gasteiger partial charge in [-0.1, -0.05) is 42.5 Å². The van der Waals surface area contributed by atoms with E-state index in [4.69, 9.17) is 0 Å². The van der Waals surface area contributed by atoms with Gasteiger partial charge in [0, 0.05) is 33.5 Å². The van der Waals surface area contributed by atoms with Crippen molar-refractivity contribution in [3.05, 3.63) is 129 Å². The normalized spacial score (nSPS) is 12.2. The summed E-state index contributed by atoms with van der Waals surface area (Å²) in [6.45, 7) is 0. The lowest BCUT2D eigenvalue weighted by atomic mass is 9.90. The van der Waals surface area contributed by atoms with E-state index in [9.17, 15) is 0 Å². The van der Waals surface area contributed by atoms with Gasteiger partial charge >= 0.3 is 0 Å². The predicted octanol–water partition coefficient (Wildman–Crippen LogP) is 8.03. The average molecular weight is 540 g/mol. The maximum Gasteiger partial charge on any atom is 0.115 e. The van der Waals surface area contributed by atoms with Crippen molar-refractivity contribution >= 4 is 49.6 Å². The van der Waals surface area contributed by atoms with Gasteiger partial charge in [-0.2, -0.15) is 0 Å². The maximum atomic E-state index is 4.62. The van der Waals surface area contributed by atoms with Crippen LogP contribution in [0.2, 0.25) is 0 Å². The van der Waals surface area contributed by atoms with Crippen LogP contribution in [-0.4, -0.2) is 29.5 Å². The van der Waals surface area contributed by atoms with Gasteiger partial charge in [-0.15, -0.1) is 0 Å². The molecule has 1 aliphatic rings. The third kappa shape index (κ3) is 3.25. The Labute approximate surface area is 240 Å². The van der Waals surface area contributed by atoms with Gasteiger partial charge in [0.15, 0.2) is 0 Å². The highest BCUT2D eigenvalue weighted by atomic mass is 15.2. The minimum Gasteiger partial charge on any atom is -0.306 e. The van der Waals surface area contributed by atoms with Gasteiger partial charge < -0.3 is 9.47 Å². The van der Waals surface area contributed by atoms with Crippen LogP contribution in [-0.2, 0) is 0 Å². The van der Waals surface area contributed by atoms with Gasteiger partial charge in [0.1, 0.15) is 12.7 Å². The number of hydrogen-bond donors (Lipinski definition) is 0. The summed E-state index contributed by atoms with van der Waals surface area (Å²) in [5.41, 5.74) is 10.5. The summed E-state index contributed by atoms with van der Waals surface area (Å²) in [5, 5.41) is 4.69. The lowest BCUT2D eigenvalue weighted by Crippen LogP contribution is -2.15. The smallest absolute Gasteiger partial charge is 0.115 e. The molecular weight excluding hydrogens is 518 g/mol. The number of aromatic nitrogens is 6. The van der Waals surface area contributed by atoms with Crippen LogP contribution in [0.4, 0.5) is 17.1 Å². The lowest BCUT2D eigenvalue weighted by Gasteiger charge is -2.33. The van der Waals surface area contributed by atoms with Crippen molar-refractivity contribution in [3.63, 3.8) is 0 Å². The Bertz CT molecular complexity index is 2290. The summed E-state index contributed by atoms with van der Waals surface area (Å²) >= 11 is 0. The van der Waals surface area contributed by atoms with E-state index in [1.54, 1.807) is 12.7 Å². The molecule has 0 atom stereocenters. The van der Waals surface area contributed by atoms with E-state index in [0.717, 1.165) is 61.4 Å². The molecule has 1 aliphatic heterocycles. The fraction of sp³-hybridized carbons (Fsp3) is 0. The number of anilines is 3. The largest absolute Gasteiger partial charge is 0.306 e. The summed E-state index contributed by atoms with van der Waals surface area (Å²) in [7, 11) is 0. The Kier molecular flexibility index (Phi) is 4.77. The molecule has 0 radical (unpaired) electrons. The molecule has 0 saturated heterocycles. The second-order valence-electron chi connectivity index (χ2n) is 10.4. The van der Waals surface area contributed by atoms with E-state index < -0.39 is 0 Å². The molecular formula is C35H21N7. The SMILES string of the molecule is c1ccc(-c2ccc3c(c2)c2cc4c(cc2n3-c2cncnc2)N(c2cncnc2)c2cccc3cccc-4c23)nc1. The number of nitrogens with zero attached hydrogens (tertiary/aromatic N) is 7. The van der Waals surface area contributed by atoms with Crippen molar-refractivity contribution in [1.29, 1.82) is 0 Å². The minimum atomic E-state index is 0.899. The molecule has 0 saturated carbocycles. The van der Waals surface area contributed by atoms with Gasteiger partial charge in [0.25, 0.3) is 0 Å². The van der Waals surface area contributed by atoms with E-state index >= 15 is 0 Å². The quantitative estimate of drug-likeness (QED) is 0.226. The zero-order chi connectivity index (χ0) is 27.6. The summed E-state index contributed by atoms with van der Waals surface area (Å²) in [5.74, 6) is 0. The van der Waals surface area contributed by atoms with Crippen LogP contribution in [0.3, 0.4) is 0 Å². The molecule has 8 aromatic rings. The van der Waals surface area contributed by atoms with Crippen LogP contribution in [0.5, 0.6) is 0 Å². The molecule has 7 heteroatoms. The monoisotopic (exact) mass is 539 g/mol. The molecule has 5 heterocycles. The third-order valence-corrected chi connectivity index (χ3v) is 8.11. The molecule has 4 aromatic heterocycles. The Morgan fingerprint density at radius 2 is 1.31 bits per heavy atom. The molecule has 4 aromatic carbocycles. The summed E-state index contributed by atoms with van der Waals surface area (Å²) in [6.07, 6.45) is 12.4. The second kappa shape index (κ2) is 8.78. The highest BCUT2D eigenvalue weighted by Crippen LogP contribution is 2.52. The Morgan fingerprint density at radius 3 is 2.10 bits per heavy atom. The van der Waals surface area contributed by atoms with E-state index in [1.165, 1.54) is 16.3 Å². The first kappa shape index (κ1) is 22.8. The summed E-state index contributed by atoms with van der Waals surface area (Å²) in [6, 6.07) is 30.2. The van der Waals surface area contributed by atoms with E-state index in [1.807, 2.05) is 49.2 Å². The van der Waals surface area contributed by atoms with Crippen molar-refractivity contribution in [2.24, 2.45) is 0 Å². The van der Waals surface area contributed by atoms with Gasteiger partial charge in [-0.3, -0.25) is 4.98 Å². The van der Waals surface area contributed by atoms with Crippen LogP contribution < -0.4 is 4.90 Å². The molecule has 196 valence electrons. The number of rotatable bonds is 3. The van der Waals surface area contributed by atoms with Crippen molar-refractivity contribution in [2.75, 3.05) is 4.90 Å². The Hall–Kier alpha value is -5.95. The molecule has 0 fully saturated rings. The zero-order valence-corrected chi connectivity index (χ0v) is 22.3. The van der Waals surface area contributed by atoms with Crippen LogP contribution in [0.15, 0.2) is 129 Å². The molecule has 0 bridgehead atoms. The van der Waals surface area contributed by atoms with Crippen LogP contribution >= 0.6 is 0 Å². The molecule has 0 N–H and O–H groups in total. The first-order valence-corrected chi connectivity index (χ1v) is 13.7. The van der Waals surface area contributed by atoms with Crippen molar-refractivity contribution < 1.29 is 0 Å². The highest BCUT2D eigenvalue weighted by molar-refractivity contribution is 6.19. The fourth-order valence-corrected chi connectivity index (χ4v) is 6.38. The van der Waals surface area contributed by atoms with Gasteiger partial charge in [-0.25, -0.2) is 19.9 Å². The van der Waals surface area contributed by atoms with E-state index in [0.29, 0.717) is 0 Å². The molecule has 0 amide bonds. The Morgan fingerprint density at radius 1 is 0.548 bits per heavy atom. The topological polar surface area (TPSA) is 72.6 Å².